The smallest absolute Gasteiger partial charge is 0.249 e. The summed E-state index contributed by atoms with van der Waals surface area (Å²) >= 11 is 1.04. The lowest BCUT2D eigenvalue weighted by molar-refractivity contribution is -0.119. The van der Waals surface area contributed by atoms with Crippen LogP contribution in [-0.4, -0.2) is 29.5 Å². The van der Waals surface area contributed by atoms with E-state index >= 15 is 0 Å². The number of rotatable bonds is 2. The molecular formula is C5H7NO3S. The van der Waals surface area contributed by atoms with Gasteiger partial charge in [-0.15, -0.1) is 0 Å². The number of hydrogen-bond donors (Lipinski definition) is 1. The Morgan fingerprint density at radius 2 is 2.10 bits per heavy atom. The molecule has 2 atom stereocenters. The van der Waals surface area contributed by atoms with Crippen molar-refractivity contribution in [1.29, 1.82) is 0 Å². The number of carbonyl (C=O) groups excluding carboxylic acids is 2. The summed E-state index contributed by atoms with van der Waals surface area (Å²) in [4.78, 5) is 21.0. The Morgan fingerprint density at radius 1 is 1.50 bits per heavy atom. The molecule has 0 aromatic carbocycles. The molecule has 0 saturated carbocycles. The number of carbonyl (C=O) groups is 2. The lowest BCUT2D eigenvalue weighted by Gasteiger charge is -1.84. The lowest BCUT2D eigenvalue weighted by atomic mass is 10.3. The van der Waals surface area contributed by atoms with E-state index in [4.69, 9.17) is 5.73 Å². The van der Waals surface area contributed by atoms with Crippen molar-refractivity contribution in [2.45, 2.75) is 12.2 Å². The summed E-state index contributed by atoms with van der Waals surface area (Å²) in [7, 11) is 0. The molecule has 0 spiro atoms. The van der Waals surface area contributed by atoms with Crippen molar-refractivity contribution in [3.63, 3.8) is 0 Å². The number of primary amides is 1. The predicted octanol–water partition coefficient (Wildman–Crippen LogP) is -0.871. The van der Waals surface area contributed by atoms with E-state index in [-0.39, 0.29) is 5.12 Å². The van der Waals surface area contributed by atoms with Crippen molar-refractivity contribution in [1.82, 2.24) is 0 Å². The fourth-order valence-corrected chi connectivity index (χ4v) is 1.04. The molecule has 10 heavy (non-hydrogen) atoms. The Hall–Kier alpha value is -0.550. The normalized spacial score (nSPS) is 29.7. The second-order valence-corrected chi connectivity index (χ2v) is 2.71. The molecule has 0 radical (unpaired) electrons. The third kappa shape index (κ3) is 1.30. The first kappa shape index (κ1) is 7.56. The molecule has 1 aliphatic heterocycles. The maximum Gasteiger partial charge on any atom is 0.249 e. The van der Waals surface area contributed by atoms with Gasteiger partial charge in [0.15, 0.2) is 12.2 Å². The number of thioether (sulfide) groups is 1. The molecule has 0 aliphatic carbocycles. The van der Waals surface area contributed by atoms with Crippen LogP contribution >= 0.6 is 11.8 Å². The molecular weight excluding hydrogens is 154 g/mol. The topological polar surface area (TPSA) is 72.7 Å². The molecule has 1 saturated heterocycles. The highest BCUT2D eigenvalue weighted by Crippen LogP contribution is 2.25. The summed E-state index contributed by atoms with van der Waals surface area (Å²) in [5.41, 5.74) is 4.86. The zero-order chi connectivity index (χ0) is 7.72. The first-order chi connectivity index (χ1) is 4.66. The van der Waals surface area contributed by atoms with Gasteiger partial charge in [-0.3, -0.25) is 9.59 Å². The summed E-state index contributed by atoms with van der Waals surface area (Å²) in [5.74, 6) is -0.563. The van der Waals surface area contributed by atoms with Crippen LogP contribution in [0.5, 0.6) is 0 Å². The average molecular weight is 161 g/mol. The van der Waals surface area contributed by atoms with Gasteiger partial charge < -0.3 is 10.5 Å². The van der Waals surface area contributed by atoms with E-state index in [1.165, 1.54) is 0 Å². The molecule has 5 heteroatoms. The Morgan fingerprint density at radius 3 is 2.40 bits per heavy atom. The highest BCUT2D eigenvalue weighted by atomic mass is 32.2. The van der Waals surface area contributed by atoms with Gasteiger partial charge in [0.2, 0.25) is 11.0 Å². The molecule has 1 heterocycles. The molecule has 4 nitrogen and oxygen atoms in total. The van der Waals surface area contributed by atoms with Gasteiger partial charge in [-0.05, 0) is 6.26 Å². The van der Waals surface area contributed by atoms with Crippen LogP contribution in [-0.2, 0) is 14.3 Å². The number of amides is 1. The molecule has 56 valence electrons. The van der Waals surface area contributed by atoms with E-state index in [2.05, 4.69) is 4.74 Å². The number of epoxide rings is 1. The molecule has 0 aromatic heterocycles. The van der Waals surface area contributed by atoms with Gasteiger partial charge in [0.1, 0.15) is 0 Å². The van der Waals surface area contributed by atoms with Crippen LogP contribution in [0, 0.1) is 0 Å². The Kier molecular flexibility index (Phi) is 1.96. The van der Waals surface area contributed by atoms with Gasteiger partial charge in [-0.1, -0.05) is 11.8 Å². The average Bonchev–Trinajstić information content (AvgIpc) is 2.64. The van der Waals surface area contributed by atoms with Crippen LogP contribution in [0.25, 0.3) is 0 Å². The van der Waals surface area contributed by atoms with Crippen LogP contribution in [0.2, 0.25) is 0 Å². The van der Waals surface area contributed by atoms with Crippen molar-refractivity contribution in [3.05, 3.63) is 0 Å². The number of nitrogens with two attached hydrogens (primary N) is 1. The Labute approximate surface area is 62.1 Å². The highest BCUT2D eigenvalue weighted by Gasteiger charge is 2.48. The maximum absolute atomic E-state index is 10.7. The van der Waals surface area contributed by atoms with Gasteiger partial charge >= 0.3 is 0 Å². The summed E-state index contributed by atoms with van der Waals surface area (Å²) < 4.78 is 4.69. The van der Waals surface area contributed by atoms with Gasteiger partial charge in [0.05, 0.1) is 0 Å². The van der Waals surface area contributed by atoms with E-state index in [0.29, 0.717) is 0 Å². The zero-order valence-corrected chi connectivity index (χ0v) is 6.18. The van der Waals surface area contributed by atoms with E-state index in [0.717, 1.165) is 11.8 Å². The zero-order valence-electron chi connectivity index (χ0n) is 5.37. The van der Waals surface area contributed by atoms with E-state index in [9.17, 15) is 9.59 Å². The molecule has 1 rings (SSSR count). The SMILES string of the molecule is CSC(=O)C1OC1C(N)=O. The minimum atomic E-state index is -0.667. The molecule has 0 aromatic rings. The second-order valence-electron chi connectivity index (χ2n) is 1.90. The lowest BCUT2D eigenvalue weighted by Crippen LogP contribution is -2.21. The third-order valence-corrected chi connectivity index (χ3v) is 1.84. The first-order valence-corrected chi connectivity index (χ1v) is 3.92. The predicted molar refractivity (Wildman–Crippen MR) is 36.4 cm³/mol. The maximum atomic E-state index is 10.7. The van der Waals surface area contributed by atoms with Crippen molar-refractivity contribution in [2.24, 2.45) is 5.73 Å². The van der Waals surface area contributed by atoms with Crippen molar-refractivity contribution in [3.8, 4) is 0 Å². The Bertz CT molecular complexity index is 182. The van der Waals surface area contributed by atoms with Gasteiger partial charge in [-0.2, -0.15) is 0 Å². The van der Waals surface area contributed by atoms with Gasteiger partial charge in [0.25, 0.3) is 0 Å². The van der Waals surface area contributed by atoms with E-state index in [1.807, 2.05) is 0 Å². The molecule has 0 bridgehead atoms. The largest absolute Gasteiger partial charge is 0.367 e. The standard InChI is InChI=1S/C5H7NO3S/c1-10-5(8)3-2(9-3)4(6)7/h2-3H,1H3,(H2,6,7). The summed E-state index contributed by atoms with van der Waals surface area (Å²) in [6.07, 6.45) is 0.398. The second kappa shape index (κ2) is 2.59. The van der Waals surface area contributed by atoms with Crippen molar-refractivity contribution >= 4 is 22.8 Å². The summed E-state index contributed by atoms with van der Waals surface area (Å²) in [6.45, 7) is 0. The monoisotopic (exact) mass is 161 g/mol. The van der Waals surface area contributed by atoms with Crippen molar-refractivity contribution in [2.75, 3.05) is 6.26 Å². The van der Waals surface area contributed by atoms with Crippen LogP contribution in [0.3, 0.4) is 0 Å². The first-order valence-electron chi connectivity index (χ1n) is 2.69. The van der Waals surface area contributed by atoms with Crippen molar-refractivity contribution < 1.29 is 14.3 Å². The van der Waals surface area contributed by atoms with E-state index in [1.54, 1.807) is 6.26 Å². The molecule has 1 amide bonds. The Balaban J connectivity index is 2.38. The summed E-state index contributed by atoms with van der Waals surface area (Å²) in [6, 6.07) is 0. The third-order valence-electron chi connectivity index (χ3n) is 1.21. The highest BCUT2D eigenvalue weighted by molar-refractivity contribution is 8.13. The summed E-state index contributed by atoms with van der Waals surface area (Å²) in [5, 5.41) is -0.135. The minimum Gasteiger partial charge on any atom is -0.367 e. The van der Waals surface area contributed by atoms with Crippen LogP contribution in [0.1, 0.15) is 0 Å². The number of ether oxygens (including phenoxy) is 1. The van der Waals surface area contributed by atoms with Crippen LogP contribution in [0.4, 0.5) is 0 Å². The minimum absolute atomic E-state index is 0.135. The van der Waals surface area contributed by atoms with E-state index < -0.39 is 18.1 Å². The van der Waals surface area contributed by atoms with Gasteiger partial charge in [0, 0.05) is 0 Å². The van der Waals surface area contributed by atoms with Gasteiger partial charge in [-0.25, -0.2) is 0 Å². The quantitative estimate of drug-likeness (QED) is 0.534. The van der Waals surface area contributed by atoms with Crippen LogP contribution in [0.15, 0.2) is 0 Å². The fourth-order valence-electron chi connectivity index (χ4n) is 0.624. The van der Waals surface area contributed by atoms with Crippen LogP contribution < -0.4 is 5.73 Å². The number of hydrogen-bond acceptors (Lipinski definition) is 4. The molecule has 1 aliphatic rings. The molecule has 2 N–H and O–H groups in total. The molecule has 2 unspecified atom stereocenters. The molecule has 1 fully saturated rings. The fraction of sp³-hybridized carbons (Fsp3) is 0.600.